The minimum absolute atomic E-state index is 0.464. The summed E-state index contributed by atoms with van der Waals surface area (Å²) in [5.74, 6) is 0.467. The first-order valence-electron chi connectivity index (χ1n) is 7.27. The first-order valence-corrected chi connectivity index (χ1v) is 7.65. The minimum Gasteiger partial charge on any atom is -0.469 e. The molecule has 0 saturated heterocycles. The van der Waals surface area contributed by atoms with Crippen LogP contribution in [0, 0.1) is 0 Å². The fourth-order valence-electron chi connectivity index (χ4n) is 2.52. The van der Waals surface area contributed by atoms with Gasteiger partial charge in [0.2, 0.25) is 5.60 Å². The highest BCUT2D eigenvalue weighted by atomic mass is 35.5. The second-order valence-corrected chi connectivity index (χ2v) is 5.53. The van der Waals surface area contributed by atoms with Gasteiger partial charge >= 0.3 is 0 Å². The molecule has 0 saturated carbocycles. The van der Waals surface area contributed by atoms with E-state index in [1.165, 1.54) is 0 Å². The third kappa shape index (κ3) is 2.99. The van der Waals surface area contributed by atoms with E-state index in [2.05, 4.69) is 0 Å². The first-order chi connectivity index (χ1) is 11.3. The van der Waals surface area contributed by atoms with Gasteiger partial charge in [-0.15, -0.1) is 0 Å². The molecule has 2 nitrogen and oxygen atoms in total. The van der Waals surface area contributed by atoms with E-state index in [1.54, 1.807) is 12.1 Å². The van der Waals surface area contributed by atoms with Gasteiger partial charge in [-0.2, -0.15) is 0 Å². The summed E-state index contributed by atoms with van der Waals surface area (Å²) < 4.78 is 6.15. The summed E-state index contributed by atoms with van der Waals surface area (Å²) in [6.45, 7) is 0. The van der Waals surface area contributed by atoms with Crippen LogP contribution >= 0.6 is 11.6 Å². The fraction of sp³-hybridized carbons (Fsp3) is 0.0500. The van der Waals surface area contributed by atoms with Crippen molar-refractivity contribution in [1.82, 2.24) is 0 Å². The maximum absolute atomic E-state index is 12.2. The number of hydrogen-bond donors (Lipinski definition) is 0. The molecule has 3 heteroatoms. The average molecular weight is 323 g/mol. The first kappa shape index (κ1) is 15.3. The third-order valence-corrected chi connectivity index (χ3v) is 3.99. The molecule has 0 aromatic heterocycles. The SMILES string of the molecule is O=CC(Oc1ccccc1Cl)(c1ccccc1)c1ccccc1. The van der Waals surface area contributed by atoms with Crippen LogP contribution in [0.15, 0.2) is 84.9 Å². The largest absolute Gasteiger partial charge is 0.469 e. The summed E-state index contributed by atoms with van der Waals surface area (Å²) in [6, 6.07) is 26.0. The molecule has 0 amide bonds. The molecular weight excluding hydrogens is 308 g/mol. The second kappa shape index (κ2) is 6.67. The summed E-state index contributed by atoms with van der Waals surface area (Å²) >= 11 is 6.22. The predicted molar refractivity (Wildman–Crippen MR) is 91.8 cm³/mol. The van der Waals surface area contributed by atoms with Crippen molar-refractivity contribution in [3.8, 4) is 5.75 Å². The van der Waals surface area contributed by atoms with Gasteiger partial charge in [-0.05, 0) is 12.1 Å². The van der Waals surface area contributed by atoms with Gasteiger partial charge in [0, 0.05) is 11.1 Å². The molecule has 0 spiro atoms. The Labute approximate surface area is 140 Å². The average Bonchev–Trinajstić information content (AvgIpc) is 2.63. The zero-order valence-corrected chi connectivity index (χ0v) is 13.1. The molecular formula is C20H15ClO2. The van der Waals surface area contributed by atoms with Crippen LogP contribution in [0.25, 0.3) is 0 Å². The number of halogens is 1. The smallest absolute Gasteiger partial charge is 0.214 e. The lowest BCUT2D eigenvalue weighted by Crippen LogP contribution is -2.36. The third-order valence-electron chi connectivity index (χ3n) is 3.68. The highest BCUT2D eigenvalue weighted by molar-refractivity contribution is 6.32. The van der Waals surface area contributed by atoms with Crippen molar-refractivity contribution in [1.29, 1.82) is 0 Å². The molecule has 0 N–H and O–H groups in total. The summed E-state index contributed by atoms with van der Waals surface area (Å²) in [6.07, 6.45) is 0.820. The molecule has 0 aliphatic carbocycles. The van der Waals surface area contributed by atoms with Crippen molar-refractivity contribution in [3.63, 3.8) is 0 Å². The lowest BCUT2D eigenvalue weighted by atomic mass is 9.87. The Kier molecular flexibility index (Phi) is 4.45. The fourth-order valence-corrected chi connectivity index (χ4v) is 2.69. The van der Waals surface area contributed by atoms with Gasteiger partial charge in [0.05, 0.1) is 5.02 Å². The maximum atomic E-state index is 12.2. The van der Waals surface area contributed by atoms with E-state index in [0.717, 1.165) is 17.4 Å². The normalized spacial score (nSPS) is 11.0. The molecule has 3 aromatic carbocycles. The Hall–Kier alpha value is -2.58. The Morgan fingerprint density at radius 3 is 1.70 bits per heavy atom. The van der Waals surface area contributed by atoms with Gasteiger partial charge in [0.15, 0.2) is 6.29 Å². The molecule has 3 aromatic rings. The lowest BCUT2D eigenvalue weighted by molar-refractivity contribution is -0.119. The van der Waals surface area contributed by atoms with E-state index in [1.807, 2.05) is 72.8 Å². The molecule has 0 heterocycles. The van der Waals surface area contributed by atoms with Crippen LogP contribution in [0.2, 0.25) is 5.02 Å². The van der Waals surface area contributed by atoms with Crippen LogP contribution < -0.4 is 4.74 Å². The Bertz CT molecular complexity index is 746. The monoisotopic (exact) mass is 322 g/mol. The van der Waals surface area contributed by atoms with E-state index in [4.69, 9.17) is 16.3 Å². The minimum atomic E-state index is -1.24. The molecule has 0 atom stereocenters. The zero-order valence-electron chi connectivity index (χ0n) is 12.4. The molecule has 114 valence electrons. The Morgan fingerprint density at radius 2 is 1.22 bits per heavy atom. The van der Waals surface area contributed by atoms with Crippen molar-refractivity contribution in [3.05, 3.63) is 101 Å². The maximum Gasteiger partial charge on any atom is 0.214 e. The van der Waals surface area contributed by atoms with Gasteiger partial charge in [0.25, 0.3) is 0 Å². The number of hydrogen-bond acceptors (Lipinski definition) is 2. The van der Waals surface area contributed by atoms with Gasteiger partial charge in [-0.3, -0.25) is 4.79 Å². The molecule has 0 radical (unpaired) electrons. The number of carbonyl (C=O) groups excluding carboxylic acids is 1. The summed E-state index contributed by atoms with van der Waals surface area (Å²) in [5.41, 5.74) is 0.260. The second-order valence-electron chi connectivity index (χ2n) is 5.12. The van der Waals surface area contributed by atoms with Crippen molar-refractivity contribution in [2.75, 3.05) is 0 Å². The van der Waals surface area contributed by atoms with E-state index in [-0.39, 0.29) is 0 Å². The van der Waals surface area contributed by atoms with Crippen molar-refractivity contribution >= 4 is 17.9 Å². The van der Waals surface area contributed by atoms with Crippen LogP contribution in [-0.2, 0) is 10.4 Å². The topological polar surface area (TPSA) is 26.3 Å². The standard InChI is InChI=1S/C20H15ClO2/c21-18-13-7-8-14-19(18)23-20(15-22,16-9-3-1-4-10-16)17-11-5-2-6-12-17/h1-15H. The number of para-hydroxylation sites is 1. The number of ether oxygens (including phenoxy) is 1. The number of carbonyl (C=O) groups is 1. The predicted octanol–water partition coefficient (Wildman–Crippen LogP) is 4.86. The van der Waals surface area contributed by atoms with Gasteiger partial charge < -0.3 is 4.74 Å². The lowest BCUT2D eigenvalue weighted by Gasteiger charge is -2.30. The van der Waals surface area contributed by atoms with E-state index in [0.29, 0.717) is 10.8 Å². The Balaban J connectivity index is 2.17. The molecule has 0 fully saturated rings. The van der Waals surface area contributed by atoms with Crippen LogP contribution in [0.1, 0.15) is 11.1 Å². The van der Waals surface area contributed by atoms with Crippen LogP contribution in [0.3, 0.4) is 0 Å². The highest BCUT2D eigenvalue weighted by Crippen LogP contribution is 2.36. The van der Waals surface area contributed by atoms with Crippen molar-refractivity contribution in [2.24, 2.45) is 0 Å². The van der Waals surface area contributed by atoms with Crippen LogP contribution in [0.5, 0.6) is 5.75 Å². The molecule has 0 aliphatic heterocycles. The van der Waals surface area contributed by atoms with Gasteiger partial charge in [-0.25, -0.2) is 0 Å². The summed E-state index contributed by atoms with van der Waals surface area (Å²) in [7, 11) is 0. The number of aldehydes is 1. The van der Waals surface area contributed by atoms with Crippen LogP contribution in [-0.4, -0.2) is 6.29 Å². The highest BCUT2D eigenvalue weighted by Gasteiger charge is 2.37. The zero-order chi connectivity index (χ0) is 16.1. The molecule has 0 aliphatic rings. The van der Waals surface area contributed by atoms with E-state index in [9.17, 15) is 4.79 Å². The van der Waals surface area contributed by atoms with Crippen molar-refractivity contribution < 1.29 is 9.53 Å². The number of rotatable bonds is 5. The van der Waals surface area contributed by atoms with E-state index < -0.39 is 5.60 Å². The number of benzene rings is 3. The van der Waals surface area contributed by atoms with Gasteiger partial charge in [-0.1, -0.05) is 84.4 Å². The van der Waals surface area contributed by atoms with Crippen LogP contribution in [0.4, 0.5) is 0 Å². The molecule has 23 heavy (non-hydrogen) atoms. The summed E-state index contributed by atoms with van der Waals surface area (Å²) in [5, 5.41) is 0.464. The molecule has 3 rings (SSSR count). The molecule has 0 bridgehead atoms. The van der Waals surface area contributed by atoms with Gasteiger partial charge in [0.1, 0.15) is 5.75 Å². The van der Waals surface area contributed by atoms with Crippen molar-refractivity contribution in [2.45, 2.75) is 5.60 Å². The Morgan fingerprint density at radius 1 is 0.739 bits per heavy atom. The quantitative estimate of drug-likeness (QED) is 0.627. The molecule has 0 unspecified atom stereocenters. The summed E-state index contributed by atoms with van der Waals surface area (Å²) in [4.78, 5) is 12.2. The van der Waals surface area contributed by atoms with E-state index >= 15 is 0 Å².